The van der Waals surface area contributed by atoms with E-state index in [0.717, 1.165) is 12.1 Å². The van der Waals surface area contributed by atoms with Crippen molar-refractivity contribution in [3.8, 4) is 5.88 Å². The van der Waals surface area contributed by atoms with E-state index in [0.29, 0.717) is 12.3 Å². The highest BCUT2D eigenvalue weighted by Gasteiger charge is 2.19. The van der Waals surface area contributed by atoms with E-state index in [9.17, 15) is 9.18 Å². The van der Waals surface area contributed by atoms with E-state index in [1.165, 1.54) is 23.9 Å². The second-order valence-electron chi connectivity index (χ2n) is 5.87. The number of carbonyl (C=O) groups excluding carboxylic acids is 1. The van der Waals surface area contributed by atoms with Crippen LogP contribution in [0, 0.1) is 5.82 Å². The van der Waals surface area contributed by atoms with E-state index < -0.39 is 0 Å². The summed E-state index contributed by atoms with van der Waals surface area (Å²) in [5, 5.41) is 7.12. The number of hydrogen-bond donors (Lipinski definition) is 1. The Morgan fingerprint density at radius 1 is 1.38 bits per heavy atom. The Labute approximate surface area is 141 Å². The predicted octanol–water partition coefficient (Wildman–Crippen LogP) is 1.99. The average molecular weight is 334 g/mol. The summed E-state index contributed by atoms with van der Waals surface area (Å²) in [6, 6.07) is 7.53. The molecule has 0 fully saturated rings. The van der Waals surface area contributed by atoms with Crippen molar-refractivity contribution >= 4 is 5.91 Å². The fourth-order valence-electron chi connectivity index (χ4n) is 2.39. The molecule has 1 aromatic carbocycles. The summed E-state index contributed by atoms with van der Waals surface area (Å²) in [6.45, 7) is 0.786. The van der Waals surface area contributed by atoms with E-state index in [2.05, 4.69) is 10.4 Å². The first-order chi connectivity index (χ1) is 11.4. The molecule has 6 nitrogen and oxygen atoms in total. The first-order valence-corrected chi connectivity index (χ1v) is 7.69. The first-order valence-electron chi connectivity index (χ1n) is 7.69. The molecule has 2 aromatic rings. The Morgan fingerprint density at radius 3 is 2.58 bits per heavy atom. The molecule has 7 heteroatoms. The molecule has 0 saturated heterocycles. The third kappa shape index (κ3) is 4.55. The monoisotopic (exact) mass is 334 g/mol. The first kappa shape index (κ1) is 17.9. The summed E-state index contributed by atoms with van der Waals surface area (Å²) in [6.07, 6.45) is 0.703. The lowest BCUT2D eigenvalue weighted by Crippen LogP contribution is -2.31. The van der Waals surface area contributed by atoms with E-state index in [-0.39, 0.29) is 23.5 Å². The van der Waals surface area contributed by atoms with Crippen LogP contribution < -0.4 is 10.1 Å². The van der Waals surface area contributed by atoms with E-state index in [1.807, 2.05) is 19.0 Å². The Morgan fingerprint density at radius 2 is 2.04 bits per heavy atom. The van der Waals surface area contributed by atoms with E-state index in [4.69, 9.17) is 4.74 Å². The molecular formula is C17H23FN4O2. The van der Waals surface area contributed by atoms with Gasteiger partial charge in [-0.2, -0.15) is 5.10 Å². The van der Waals surface area contributed by atoms with Crippen molar-refractivity contribution < 1.29 is 13.9 Å². The number of ether oxygens (including phenoxy) is 1. The van der Waals surface area contributed by atoms with Crippen LogP contribution in [0.25, 0.3) is 0 Å². The van der Waals surface area contributed by atoms with Crippen molar-refractivity contribution in [3.63, 3.8) is 0 Å². The zero-order chi connectivity index (χ0) is 17.7. The van der Waals surface area contributed by atoms with Gasteiger partial charge in [-0.3, -0.25) is 4.79 Å². The minimum Gasteiger partial charge on any atom is -0.481 e. The van der Waals surface area contributed by atoms with Crippen LogP contribution in [0.1, 0.15) is 28.5 Å². The Balaban J connectivity index is 2.16. The summed E-state index contributed by atoms with van der Waals surface area (Å²) in [5.74, 6) is -0.0837. The lowest BCUT2D eigenvalue weighted by molar-refractivity contribution is 0.0927. The van der Waals surface area contributed by atoms with Gasteiger partial charge in [0.25, 0.3) is 5.91 Å². The van der Waals surface area contributed by atoms with Gasteiger partial charge >= 0.3 is 0 Å². The van der Waals surface area contributed by atoms with Gasteiger partial charge in [0, 0.05) is 13.1 Å². The third-order valence-electron chi connectivity index (χ3n) is 3.72. The number of aromatic nitrogens is 2. The molecule has 0 bridgehead atoms. The zero-order valence-electron chi connectivity index (χ0n) is 14.4. The molecule has 1 unspecified atom stereocenters. The molecule has 1 N–H and O–H groups in total. The highest BCUT2D eigenvalue weighted by Crippen LogP contribution is 2.19. The predicted molar refractivity (Wildman–Crippen MR) is 89.5 cm³/mol. The molecule has 0 spiro atoms. The van der Waals surface area contributed by atoms with Gasteiger partial charge < -0.3 is 15.0 Å². The minimum absolute atomic E-state index is 0.228. The van der Waals surface area contributed by atoms with Gasteiger partial charge in [0.05, 0.1) is 13.2 Å². The second kappa shape index (κ2) is 7.92. The van der Waals surface area contributed by atoms with Gasteiger partial charge in [-0.15, -0.1) is 0 Å². The van der Waals surface area contributed by atoms with Gasteiger partial charge in [0.1, 0.15) is 5.82 Å². The standard InChI is InChI=1S/C17H23FN4O2/c1-21(2)10-9-14(12-5-7-13(18)8-6-12)19-17(23)15-11-16(24-4)22(3)20-15/h5-8,11,14H,9-10H2,1-4H3,(H,19,23). The molecule has 2 rings (SSSR count). The fourth-order valence-corrected chi connectivity index (χ4v) is 2.39. The summed E-state index contributed by atoms with van der Waals surface area (Å²) >= 11 is 0. The highest BCUT2D eigenvalue weighted by molar-refractivity contribution is 5.92. The van der Waals surface area contributed by atoms with E-state index >= 15 is 0 Å². The van der Waals surface area contributed by atoms with Gasteiger partial charge in [-0.05, 0) is 44.8 Å². The fraction of sp³-hybridized carbons (Fsp3) is 0.412. The number of rotatable bonds is 7. The second-order valence-corrected chi connectivity index (χ2v) is 5.87. The highest BCUT2D eigenvalue weighted by atomic mass is 19.1. The van der Waals surface area contributed by atoms with Crippen LogP contribution in [0.2, 0.25) is 0 Å². The average Bonchev–Trinajstić information content (AvgIpc) is 2.93. The summed E-state index contributed by atoms with van der Waals surface area (Å²) in [5.41, 5.74) is 1.14. The number of nitrogens with one attached hydrogen (secondary N) is 1. The van der Waals surface area contributed by atoms with Crippen LogP contribution in [0.15, 0.2) is 30.3 Å². The maximum Gasteiger partial charge on any atom is 0.272 e. The summed E-state index contributed by atoms with van der Waals surface area (Å²) in [4.78, 5) is 14.5. The number of benzene rings is 1. The number of amides is 1. The van der Waals surface area contributed by atoms with Crippen LogP contribution in [0.3, 0.4) is 0 Å². The maximum atomic E-state index is 13.2. The molecule has 1 heterocycles. The smallest absolute Gasteiger partial charge is 0.272 e. The topological polar surface area (TPSA) is 59.4 Å². The quantitative estimate of drug-likeness (QED) is 0.841. The lowest BCUT2D eigenvalue weighted by atomic mass is 10.0. The van der Waals surface area contributed by atoms with Crippen LogP contribution in [-0.2, 0) is 7.05 Å². The van der Waals surface area contributed by atoms with Gasteiger partial charge in [-0.1, -0.05) is 12.1 Å². The summed E-state index contributed by atoms with van der Waals surface area (Å²) in [7, 11) is 7.16. The number of hydrogen-bond acceptors (Lipinski definition) is 4. The molecule has 130 valence electrons. The number of nitrogens with zero attached hydrogens (tertiary/aromatic N) is 3. The van der Waals surface area contributed by atoms with Crippen LogP contribution in [-0.4, -0.2) is 48.3 Å². The third-order valence-corrected chi connectivity index (χ3v) is 3.72. The van der Waals surface area contributed by atoms with Crippen LogP contribution in [0.4, 0.5) is 4.39 Å². The van der Waals surface area contributed by atoms with Crippen molar-refractivity contribution in [2.45, 2.75) is 12.5 Å². The van der Waals surface area contributed by atoms with Gasteiger partial charge in [0.2, 0.25) is 5.88 Å². The van der Waals surface area contributed by atoms with Gasteiger partial charge in [0.15, 0.2) is 5.69 Å². The molecule has 0 saturated carbocycles. The number of carbonyl (C=O) groups is 1. The minimum atomic E-state index is -0.300. The normalized spacial score (nSPS) is 12.2. The molecule has 1 aromatic heterocycles. The lowest BCUT2D eigenvalue weighted by Gasteiger charge is -2.21. The molecule has 0 aliphatic carbocycles. The van der Waals surface area contributed by atoms with Crippen molar-refractivity contribution in [3.05, 3.63) is 47.4 Å². The Kier molecular flexibility index (Phi) is 5.92. The maximum absolute atomic E-state index is 13.2. The molecule has 1 amide bonds. The van der Waals surface area contributed by atoms with Crippen molar-refractivity contribution in [1.82, 2.24) is 20.0 Å². The SMILES string of the molecule is COc1cc(C(=O)NC(CCN(C)C)c2ccc(F)cc2)nn1C. The Bertz CT molecular complexity index is 682. The largest absolute Gasteiger partial charge is 0.481 e. The zero-order valence-corrected chi connectivity index (χ0v) is 14.4. The molecule has 0 aliphatic rings. The van der Waals surface area contributed by atoms with Crippen LogP contribution in [0.5, 0.6) is 5.88 Å². The molecule has 0 radical (unpaired) electrons. The molecule has 24 heavy (non-hydrogen) atoms. The molecule has 0 aliphatic heterocycles. The van der Waals surface area contributed by atoms with Crippen molar-refractivity contribution in [1.29, 1.82) is 0 Å². The Hall–Kier alpha value is -2.41. The van der Waals surface area contributed by atoms with E-state index in [1.54, 1.807) is 25.2 Å². The van der Waals surface area contributed by atoms with Crippen molar-refractivity contribution in [2.24, 2.45) is 7.05 Å². The van der Waals surface area contributed by atoms with Crippen molar-refractivity contribution in [2.75, 3.05) is 27.7 Å². The van der Waals surface area contributed by atoms with Crippen LogP contribution >= 0.6 is 0 Å². The number of aryl methyl sites for hydroxylation is 1. The molecular weight excluding hydrogens is 311 g/mol. The summed E-state index contributed by atoms with van der Waals surface area (Å²) < 4.78 is 19.8. The van der Waals surface area contributed by atoms with Gasteiger partial charge in [-0.25, -0.2) is 9.07 Å². The number of halogens is 1. The number of methoxy groups -OCH3 is 1. The molecule has 1 atom stereocenters.